The summed E-state index contributed by atoms with van der Waals surface area (Å²) in [5, 5.41) is 6.78. The van der Waals surface area contributed by atoms with Crippen LogP contribution in [0.25, 0.3) is 0 Å². The first-order valence-electron chi connectivity index (χ1n) is 7.18. The Balaban J connectivity index is 0.00000242. The number of piperazine rings is 1. The fraction of sp³-hybridized carbons (Fsp3) is 0.533. The van der Waals surface area contributed by atoms with Crippen molar-refractivity contribution in [3.05, 3.63) is 23.2 Å². The number of benzene rings is 1. The lowest BCUT2D eigenvalue weighted by molar-refractivity contribution is -0.116. The minimum Gasteiger partial charge on any atom is -0.495 e. The molecule has 0 bridgehead atoms. The molecule has 1 heterocycles. The van der Waals surface area contributed by atoms with Crippen molar-refractivity contribution in [2.75, 3.05) is 38.6 Å². The van der Waals surface area contributed by atoms with E-state index in [4.69, 9.17) is 16.3 Å². The molecule has 22 heavy (non-hydrogen) atoms. The number of carbonyl (C=O) groups is 1. The van der Waals surface area contributed by atoms with Gasteiger partial charge in [0.2, 0.25) is 5.91 Å². The third-order valence-corrected chi connectivity index (χ3v) is 3.94. The first kappa shape index (κ1) is 19.0. The molecular weight excluding hydrogens is 325 g/mol. The van der Waals surface area contributed by atoms with E-state index in [0.717, 1.165) is 26.2 Å². The molecule has 1 aromatic rings. The van der Waals surface area contributed by atoms with E-state index in [9.17, 15) is 4.79 Å². The minimum absolute atomic E-state index is 0. The smallest absolute Gasteiger partial charge is 0.225 e. The van der Waals surface area contributed by atoms with Gasteiger partial charge in [0.05, 0.1) is 12.8 Å². The summed E-state index contributed by atoms with van der Waals surface area (Å²) in [6.07, 6.45) is 0.458. The topological polar surface area (TPSA) is 53.6 Å². The van der Waals surface area contributed by atoms with Crippen LogP contribution >= 0.6 is 24.0 Å². The molecule has 1 aliphatic rings. The van der Waals surface area contributed by atoms with Gasteiger partial charge in [-0.15, -0.1) is 12.4 Å². The highest BCUT2D eigenvalue weighted by Crippen LogP contribution is 2.27. The molecule has 0 aromatic heterocycles. The summed E-state index contributed by atoms with van der Waals surface area (Å²) in [6, 6.07) is 5.65. The van der Waals surface area contributed by atoms with Crippen molar-refractivity contribution in [3.8, 4) is 5.75 Å². The maximum Gasteiger partial charge on any atom is 0.225 e. The van der Waals surface area contributed by atoms with Crippen molar-refractivity contribution in [2.24, 2.45) is 0 Å². The van der Waals surface area contributed by atoms with Crippen molar-refractivity contribution in [1.82, 2.24) is 10.2 Å². The normalized spacial score (nSPS) is 18.4. The average Bonchev–Trinajstić information content (AvgIpc) is 2.47. The second-order valence-corrected chi connectivity index (χ2v) is 5.67. The van der Waals surface area contributed by atoms with Crippen molar-refractivity contribution >= 4 is 35.6 Å². The van der Waals surface area contributed by atoms with Crippen LogP contribution in [0.4, 0.5) is 5.69 Å². The van der Waals surface area contributed by atoms with Crippen molar-refractivity contribution in [1.29, 1.82) is 0 Å². The maximum absolute atomic E-state index is 12.1. The van der Waals surface area contributed by atoms with Crippen LogP contribution in [-0.2, 0) is 4.79 Å². The molecule has 1 amide bonds. The van der Waals surface area contributed by atoms with Gasteiger partial charge in [0.25, 0.3) is 0 Å². The Labute approximate surface area is 142 Å². The summed E-state index contributed by atoms with van der Waals surface area (Å²) >= 11 is 5.95. The molecule has 1 atom stereocenters. The average molecular weight is 348 g/mol. The summed E-state index contributed by atoms with van der Waals surface area (Å²) in [5.41, 5.74) is 0.614. The van der Waals surface area contributed by atoms with Gasteiger partial charge in [-0.25, -0.2) is 0 Å². The third-order valence-electron chi connectivity index (χ3n) is 3.70. The van der Waals surface area contributed by atoms with Crippen molar-refractivity contribution in [3.63, 3.8) is 0 Å². The van der Waals surface area contributed by atoms with Crippen LogP contribution in [0.3, 0.4) is 0 Å². The SMILES string of the molecule is COc1ccc(Cl)cc1NC(=O)CCN1CCNC[C@H]1C.Cl. The van der Waals surface area contributed by atoms with E-state index < -0.39 is 0 Å². The van der Waals surface area contributed by atoms with Gasteiger partial charge in [0, 0.05) is 43.7 Å². The summed E-state index contributed by atoms with van der Waals surface area (Å²) < 4.78 is 5.22. The van der Waals surface area contributed by atoms with Crippen LogP contribution in [0.5, 0.6) is 5.75 Å². The van der Waals surface area contributed by atoms with Gasteiger partial charge < -0.3 is 15.4 Å². The molecule has 1 fully saturated rings. The Morgan fingerprint density at radius 3 is 3.00 bits per heavy atom. The molecule has 0 spiro atoms. The van der Waals surface area contributed by atoms with Crippen LogP contribution in [0.15, 0.2) is 18.2 Å². The van der Waals surface area contributed by atoms with E-state index in [-0.39, 0.29) is 18.3 Å². The van der Waals surface area contributed by atoms with Crippen LogP contribution in [0.1, 0.15) is 13.3 Å². The number of anilines is 1. The summed E-state index contributed by atoms with van der Waals surface area (Å²) in [7, 11) is 1.57. The summed E-state index contributed by atoms with van der Waals surface area (Å²) in [6.45, 7) is 5.87. The zero-order valence-electron chi connectivity index (χ0n) is 12.9. The molecule has 124 valence electrons. The molecule has 0 aliphatic carbocycles. The van der Waals surface area contributed by atoms with E-state index in [0.29, 0.717) is 28.9 Å². The Morgan fingerprint density at radius 2 is 2.32 bits per heavy atom. The first-order valence-corrected chi connectivity index (χ1v) is 7.56. The van der Waals surface area contributed by atoms with Gasteiger partial charge in [0.1, 0.15) is 5.75 Å². The van der Waals surface area contributed by atoms with Crippen molar-refractivity contribution in [2.45, 2.75) is 19.4 Å². The number of methoxy groups -OCH3 is 1. The van der Waals surface area contributed by atoms with Crippen LogP contribution in [-0.4, -0.2) is 50.1 Å². The predicted octanol–water partition coefficient (Wildman–Crippen LogP) is 2.39. The number of ether oxygens (including phenoxy) is 1. The number of amides is 1. The van der Waals surface area contributed by atoms with Gasteiger partial charge in [-0.05, 0) is 25.1 Å². The second kappa shape index (κ2) is 9.20. The molecule has 7 heteroatoms. The Morgan fingerprint density at radius 1 is 1.55 bits per heavy atom. The number of rotatable bonds is 5. The van der Waals surface area contributed by atoms with Crippen molar-refractivity contribution < 1.29 is 9.53 Å². The number of carbonyl (C=O) groups excluding carboxylic acids is 1. The number of nitrogens with zero attached hydrogens (tertiary/aromatic N) is 1. The lowest BCUT2D eigenvalue weighted by Gasteiger charge is -2.33. The van der Waals surface area contributed by atoms with E-state index in [1.54, 1.807) is 25.3 Å². The zero-order valence-corrected chi connectivity index (χ0v) is 14.5. The molecule has 0 saturated carbocycles. The fourth-order valence-corrected chi connectivity index (χ4v) is 2.62. The lowest BCUT2D eigenvalue weighted by atomic mass is 10.2. The number of hydrogen-bond donors (Lipinski definition) is 2. The Hall–Kier alpha value is -1.01. The number of hydrogen-bond acceptors (Lipinski definition) is 4. The molecular formula is C15H23Cl2N3O2. The van der Waals surface area contributed by atoms with E-state index in [1.807, 2.05) is 0 Å². The standard InChI is InChI=1S/C15H22ClN3O2.ClH/c1-11-10-17-6-8-19(11)7-5-15(20)18-13-9-12(16)3-4-14(13)21-2;/h3-4,9,11,17H,5-8,10H2,1-2H3,(H,18,20);1H/t11-;/m1./s1. The molecule has 5 nitrogen and oxygen atoms in total. The second-order valence-electron chi connectivity index (χ2n) is 5.23. The molecule has 2 N–H and O–H groups in total. The van der Waals surface area contributed by atoms with E-state index in [1.165, 1.54) is 0 Å². The molecule has 2 rings (SSSR count). The van der Waals surface area contributed by atoms with Gasteiger partial charge >= 0.3 is 0 Å². The Bertz CT molecular complexity index is 500. The highest BCUT2D eigenvalue weighted by Gasteiger charge is 2.18. The highest BCUT2D eigenvalue weighted by atomic mass is 35.5. The summed E-state index contributed by atoms with van der Waals surface area (Å²) in [5.74, 6) is 0.588. The number of halogens is 2. The van der Waals surface area contributed by atoms with Crippen LogP contribution in [0, 0.1) is 0 Å². The molecule has 1 aromatic carbocycles. The number of nitrogens with one attached hydrogen (secondary N) is 2. The van der Waals surface area contributed by atoms with Gasteiger partial charge in [0.15, 0.2) is 0 Å². The fourth-order valence-electron chi connectivity index (χ4n) is 2.45. The lowest BCUT2D eigenvalue weighted by Crippen LogP contribution is -2.50. The van der Waals surface area contributed by atoms with Gasteiger partial charge in [-0.1, -0.05) is 11.6 Å². The monoisotopic (exact) mass is 347 g/mol. The third kappa shape index (κ3) is 5.32. The zero-order chi connectivity index (χ0) is 15.2. The van der Waals surface area contributed by atoms with Gasteiger partial charge in [-0.3, -0.25) is 9.69 Å². The van der Waals surface area contributed by atoms with E-state index >= 15 is 0 Å². The Kier molecular flexibility index (Phi) is 7.96. The minimum atomic E-state index is -0.0266. The quantitative estimate of drug-likeness (QED) is 0.858. The molecule has 1 aliphatic heterocycles. The van der Waals surface area contributed by atoms with Gasteiger partial charge in [-0.2, -0.15) is 0 Å². The molecule has 1 saturated heterocycles. The summed E-state index contributed by atoms with van der Waals surface area (Å²) in [4.78, 5) is 14.4. The van der Waals surface area contributed by atoms with Crippen LogP contribution < -0.4 is 15.4 Å². The molecule has 0 radical (unpaired) electrons. The van der Waals surface area contributed by atoms with Crippen LogP contribution in [0.2, 0.25) is 5.02 Å². The maximum atomic E-state index is 12.1. The first-order chi connectivity index (χ1) is 10.1. The highest BCUT2D eigenvalue weighted by molar-refractivity contribution is 6.31. The predicted molar refractivity (Wildman–Crippen MR) is 92.4 cm³/mol. The van der Waals surface area contributed by atoms with E-state index in [2.05, 4.69) is 22.5 Å². The molecule has 0 unspecified atom stereocenters. The largest absolute Gasteiger partial charge is 0.495 e.